The molecule has 1 aliphatic rings. The number of hydrogen-bond acceptors (Lipinski definition) is 8. The number of thiazole rings is 1. The molecule has 1 N–H and O–H groups in total. The van der Waals surface area contributed by atoms with Crippen molar-refractivity contribution in [3.8, 4) is 16.7 Å². The van der Waals surface area contributed by atoms with Crippen LogP contribution in [0.3, 0.4) is 0 Å². The zero-order valence-corrected chi connectivity index (χ0v) is 20.4. The molecule has 0 saturated carbocycles. The van der Waals surface area contributed by atoms with Crippen LogP contribution in [0, 0.1) is 13.8 Å². The van der Waals surface area contributed by atoms with Crippen molar-refractivity contribution in [2.75, 3.05) is 18.4 Å². The molecule has 0 aliphatic carbocycles. The molecule has 1 aromatic carbocycles. The number of amides is 2. The molecule has 0 radical (unpaired) electrons. The predicted octanol–water partition coefficient (Wildman–Crippen LogP) is 4.62. The number of benzene rings is 1. The van der Waals surface area contributed by atoms with E-state index in [1.165, 1.54) is 17.5 Å². The summed E-state index contributed by atoms with van der Waals surface area (Å²) in [6, 6.07) is 4.97. The van der Waals surface area contributed by atoms with Crippen molar-refractivity contribution >= 4 is 29.0 Å². The van der Waals surface area contributed by atoms with Gasteiger partial charge in [0, 0.05) is 24.7 Å². The fourth-order valence-corrected chi connectivity index (χ4v) is 4.07. The van der Waals surface area contributed by atoms with Gasteiger partial charge in [-0.3, -0.25) is 14.6 Å². The van der Waals surface area contributed by atoms with Gasteiger partial charge in [0.25, 0.3) is 17.0 Å². The molecule has 3 aromatic rings. The largest absolute Gasteiger partial charge is 0.491 e. The summed E-state index contributed by atoms with van der Waals surface area (Å²) in [5.41, 5.74) is 1.71. The van der Waals surface area contributed by atoms with Crippen LogP contribution in [0.4, 0.5) is 5.82 Å². The van der Waals surface area contributed by atoms with Gasteiger partial charge in [0.1, 0.15) is 16.4 Å². The maximum absolute atomic E-state index is 12.9. The highest BCUT2D eigenvalue weighted by molar-refractivity contribution is 7.15. The van der Waals surface area contributed by atoms with E-state index >= 15 is 0 Å². The molecule has 1 unspecified atom stereocenters. The highest BCUT2D eigenvalue weighted by Crippen LogP contribution is 2.33. The van der Waals surface area contributed by atoms with E-state index in [4.69, 9.17) is 9.47 Å². The molecular weight excluding hydrogens is 454 g/mol. The van der Waals surface area contributed by atoms with Gasteiger partial charge in [0.15, 0.2) is 5.82 Å². The van der Waals surface area contributed by atoms with Crippen molar-refractivity contribution < 1.29 is 19.1 Å². The van der Waals surface area contributed by atoms with Gasteiger partial charge in [-0.15, -0.1) is 0 Å². The molecule has 2 aromatic heterocycles. The summed E-state index contributed by atoms with van der Waals surface area (Å²) in [5.74, 6) is 0.830. The van der Waals surface area contributed by atoms with Gasteiger partial charge in [0.2, 0.25) is 0 Å². The molecule has 10 heteroatoms. The predicted molar refractivity (Wildman–Crippen MR) is 129 cm³/mol. The molecule has 1 atom stereocenters. The highest BCUT2D eigenvalue weighted by atomic mass is 32.1. The number of nitrogens with one attached hydrogen (secondary N) is 1. The van der Waals surface area contributed by atoms with Crippen LogP contribution in [0.1, 0.15) is 58.1 Å². The highest BCUT2D eigenvalue weighted by Gasteiger charge is 2.26. The number of carbonyl (C=O) groups excluding carboxylic acids is 2. The Morgan fingerprint density at radius 1 is 1.15 bits per heavy atom. The van der Waals surface area contributed by atoms with Gasteiger partial charge in [0.05, 0.1) is 29.9 Å². The molecule has 1 saturated heterocycles. The smallest absolute Gasteiger partial charge is 0.279 e. The van der Waals surface area contributed by atoms with Crippen molar-refractivity contribution in [2.45, 2.75) is 46.6 Å². The van der Waals surface area contributed by atoms with Crippen LogP contribution in [0.25, 0.3) is 0 Å². The molecule has 178 valence electrons. The van der Waals surface area contributed by atoms with Crippen LogP contribution in [-0.2, 0) is 0 Å². The van der Waals surface area contributed by atoms with Gasteiger partial charge in [-0.2, -0.15) is 0 Å². The fraction of sp³-hybridized carbons (Fsp3) is 0.375. The van der Waals surface area contributed by atoms with E-state index in [0.717, 1.165) is 31.6 Å². The Bertz CT molecular complexity index is 1190. The Hall–Kier alpha value is -3.53. The van der Waals surface area contributed by atoms with Gasteiger partial charge < -0.3 is 19.7 Å². The number of nitrogens with zero attached hydrogens (tertiary/aromatic N) is 4. The average molecular weight is 482 g/mol. The maximum Gasteiger partial charge on any atom is 0.279 e. The zero-order valence-electron chi connectivity index (χ0n) is 19.6. The van der Waals surface area contributed by atoms with E-state index in [0.29, 0.717) is 38.6 Å². The normalized spacial score (nSPS) is 13.7. The maximum atomic E-state index is 12.9. The second-order valence-corrected chi connectivity index (χ2v) is 9.13. The van der Waals surface area contributed by atoms with Crippen molar-refractivity contribution in [3.05, 3.63) is 52.4 Å². The standard InChI is InChI=1S/C24H27N5O4S/c1-5-15(3)32-18-9-17(22(30)28-20-13-25-14(2)12-26-20)10-19(11-18)33-24-27-16(4)21(34-24)23(31)29-7-6-8-29/h9-13,15H,5-8H2,1-4H3,(H,26,28,30). The molecule has 4 rings (SSSR count). The first-order valence-corrected chi connectivity index (χ1v) is 12.0. The minimum absolute atomic E-state index is 0.0239. The van der Waals surface area contributed by atoms with Crippen LogP contribution >= 0.6 is 11.3 Å². The number of likely N-dealkylation sites (tertiary alicyclic amines) is 1. The monoisotopic (exact) mass is 481 g/mol. The van der Waals surface area contributed by atoms with Crippen LogP contribution in [0.5, 0.6) is 16.7 Å². The van der Waals surface area contributed by atoms with Gasteiger partial charge >= 0.3 is 0 Å². The molecule has 0 bridgehead atoms. The van der Waals surface area contributed by atoms with Crippen molar-refractivity contribution in [3.63, 3.8) is 0 Å². The summed E-state index contributed by atoms with van der Waals surface area (Å²) in [6.45, 7) is 9.12. The van der Waals surface area contributed by atoms with Crippen LogP contribution in [0.15, 0.2) is 30.6 Å². The Labute approximate surface area is 202 Å². The summed E-state index contributed by atoms with van der Waals surface area (Å²) in [7, 11) is 0. The van der Waals surface area contributed by atoms with Crippen molar-refractivity contribution in [2.24, 2.45) is 0 Å². The van der Waals surface area contributed by atoms with Crippen LogP contribution in [0.2, 0.25) is 0 Å². The van der Waals surface area contributed by atoms with E-state index in [1.807, 2.05) is 20.8 Å². The first-order valence-electron chi connectivity index (χ1n) is 11.2. The fourth-order valence-electron chi connectivity index (χ4n) is 3.17. The van der Waals surface area contributed by atoms with E-state index < -0.39 is 0 Å². The number of hydrogen-bond donors (Lipinski definition) is 1. The molecule has 0 spiro atoms. The summed E-state index contributed by atoms with van der Waals surface area (Å²) in [5, 5.41) is 3.07. The summed E-state index contributed by atoms with van der Waals surface area (Å²) in [4.78, 5) is 40.6. The third-order valence-corrected chi connectivity index (χ3v) is 6.42. The molecular formula is C24H27N5O4S. The van der Waals surface area contributed by atoms with E-state index in [1.54, 1.807) is 36.2 Å². The second-order valence-electron chi connectivity index (χ2n) is 8.17. The van der Waals surface area contributed by atoms with Gasteiger partial charge in [-0.05, 0) is 45.7 Å². The minimum atomic E-state index is -0.374. The topological polar surface area (TPSA) is 107 Å². The molecule has 3 heterocycles. The lowest BCUT2D eigenvalue weighted by Crippen LogP contribution is -2.41. The van der Waals surface area contributed by atoms with Gasteiger partial charge in [-0.25, -0.2) is 9.97 Å². The number of rotatable bonds is 8. The summed E-state index contributed by atoms with van der Waals surface area (Å²) in [6.07, 6.45) is 4.86. The number of anilines is 1. The molecule has 34 heavy (non-hydrogen) atoms. The quantitative estimate of drug-likeness (QED) is 0.500. The Morgan fingerprint density at radius 2 is 1.91 bits per heavy atom. The van der Waals surface area contributed by atoms with E-state index in [9.17, 15) is 9.59 Å². The summed E-state index contributed by atoms with van der Waals surface area (Å²) >= 11 is 1.20. The minimum Gasteiger partial charge on any atom is -0.491 e. The molecule has 1 fully saturated rings. The first-order chi connectivity index (χ1) is 16.3. The Balaban J connectivity index is 1.58. The van der Waals surface area contributed by atoms with Crippen molar-refractivity contribution in [1.29, 1.82) is 0 Å². The Morgan fingerprint density at radius 3 is 2.56 bits per heavy atom. The molecule has 9 nitrogen and oxygen atoms in total. The SMILES string of the molecule is CCC(C)Oc1cc(Oc2nc(C)c(C(=O)N3CCC3)s2)cc(C(=O)Nc2cnc(C)cn2)c1. The van der Waals surface area contributed by atoms with Gasteiger partial charge in [-0.1, -0.05) is 18.3 Å². The average Bonchev–Trinajstić information content (AvgIpc) is 3.13. The number of ether oxygens (including phenoxy) is 2. The van der Waals surface area contributed by atoms with Crippen LogP contribution < -0.4 is 14.8 Å². The summed E-state index contributed by atoms with van der Waals surface area (Å²) < 4.78 is 11.9. The van der Waals surface area contributed by atoms with Crippen molar-refractivity contribution in [1.82, 2.24) is 19.9 Å². The third kappa shape index (κ3) is 5.51. The molecule has 1 aliphatic heterocycles. The second kappa shape index (κ2) is 10.2. The Kier molecular flexibility index (Phi) is 7.06. The zero-order chi connectivity index (χ0) is 24.2. The van der Waals surface area contributed by atoms with E-state index in [2.05, 4.69) is 20.3 Å². The third-order valence-electron chi connectivity index (χ3n) is 5.40. The van der Waals surface area contributed by atoms with Crippen LogP contribution in [-0.4, -0.2) is 50.9 Å². The lowest BCUT2D eigenvalue weighted by molar-refractivity contribution is 0.0656. The number of aromatic nitrogens is 3. The lowest BCUT2D eigenvalue weighted by Gasteiger charge is -2.30. The first kappa shape index (κ1) is 23.6. The number of carbonyl (C=O) groups is 2. The number of aryl methyl sites for hydroxylation is 2. The molecule has 2 amide bonds. The van der Waals surface area contributed by atoms with E-state index in [-0.39, 0.29) is 17.9 Å². The lowest BCUT2D eigenvalue weighted by atomic mass is 10.2.